The smallest absolute Gasteiger partial charge is 0.255 e. The Hall–Kier alpha value is -2.57. The van der Waals surface area contributed by atoms with Crippen LogP contribution in [0, 0.1) is 0 Å². The third kappa shape index (κ3) is 5.45. The van der Waals surface area contributed by atoms with Gasteiger partial charge in [-0.3, -0.25) is 9.69 Å². The lowest BCUT2D eigenvalue weighted by molar-refractivity contribution is 0.0437. The number of benzene rings is 2. The maximum absolute atomic E-state index is 12.4. The van der Waals surface area contributed by atoms with E-state index in [1.54, 1.807) is 24.3 Å². The number of amides is 1. The van der Waals surface area contributed by atoms with Crippen LogP contribution in [0.15, 0.2) is 48.5 Å². The van der Waals surface area contributed by atoms with Crippen molar-refractivity contribution >= 4 is 23.0 Å². The van der Waals surface area contributed by atoms with Crippen molar-refractivity contribution in [2.75, 3.05) is 36.0 Å². The fourth-order valence-corrected chi connectivity index (χ4v) is 3.40. The van der Waals surface area contributed by atoms with Crippen LogP contribution in [-0.2, 0) is 0 Å². The lowest BCUT2D eigenvalue weighted by atomic mass is 10.1. The molecule has 0 bridgehead atoms. The highest BCUT2D eigenvalue weighted by Crippen LogP contribution is 2.20. The van der Waals surface area contributed by atoms with Crippen LogP contribution in [0.5, 0.6) is 0 Å². The zero-order valence-electron chi connectivity index (χ0n) is 15.9. The number of aliphatic hydroxyl groups is 1. The van der Waals surface area contributed by atoms with Crippen molar-refractivity contribution in [2.45, 2.75) is 31.9 Å². The van der Waals surface area contributed by atoms with Gasteiger partial charge in [-0.1, -0.05) is 12.1 Å². The van der Waals surface area contributed by atoms with Crippen molar-refractivity contribution in [3.05, 3.63) is 54.1 Å². The lowest BCUT2D eigenvalue weighted by Crippen LogP contribution is -2.38. The van der Waals surface area contributed by atoms with Crippen LogP contribution in [0.2, 0.25) is 0 Å². The number of nitrogens with zero attached hydrogens (tertiary/aromatic N) is 1. The maximum Gasteiger partial charge on any atom is 0.255 e. The highest BCUT2D eigenvalue weighted by Gasteiger charge is 2.26. The second-order valence-corrected chi connectivity index (χ2v) is 7.80. The van der Waals surface area contributed by atoms with Crippen molar-refractivity contribution in [1.82, 2.24) is 4.90 Å². The molecule has 1 fully saturated rings. The van der Waals surface area contributed by atoms with E-state index in [2.05, 4.69) is 15.5 Å². The molecule has 5 N–H and O–H groups in total. The van der Waals surface area contributed by atoms with E-state index in [0.29, 0.717) is 29.5 Å². The average Bonchev–Trinajstić information content (AvgIpc) is 3.02. The van der Waals surface area contributed by atoms with E-state index in [0.717, 1.165) is 25.2 Å². The molecule has 0 radical (unpaired) electrons. The van der Waals surface area contributed by atoms with Crippen LogP contribution in [0.3, 0.4) is 0 Å². The second kappa shape index (κ2) is 7.98. The first kappa shape index (κ1) is 19.2. The first-order chi connectivity index (χ1) is 12.8. The van der Waals surface area contributed by atoms with Crippen molar-refractivity contribution in [2.24, 2.45) is 0 Å². The Bertz CT molecular complexity index is 784. The number of nitrogens with two attached hydrogens (primary N) is 1. The Morgan fingerprint density at radius 2 is 1.93 bits per heavy atom. The summed E-state index contributed by atoms with van der Waals surface area (Å²) in [4.78, 5) is 14.6. The number of carbonyl (C=O) groups excluding carboxylic acids is 1. The Balaban J connectivity index is 1.55. The van der Waals surface area contributed by atoms with E-state index in [-0.39, 0.29) is 5.91 Å². The summed E-state index contributed by atoms with van der Waals surface area (Å²) in [5.41, 5.74) is 7.92. The van der Waals surface area contributed by atoms with Crippen LogP contribution in [-0.4, -0.2) is 47.2 Å². The lowest BCUT2D eigenvalue weighted by Gasteiger charge is -2.25. The molecule has 6 heteroatoms. The van der Waals surface area contributed by atoms with Crippen LogP contribution in [0.1, 0.15) is 30.6 Å². The summed E-state index contributed by atoms with van der Waals surface area (Å²) < 4.78 is 0. The third-order valence-corrected chi connectivity index (χ3v) is 4.61. The van der Waals surface area contributed by atoms with Gasteiger partial charge in [-0.25, -0.2) is 0 Å². The summed E-state index contributed by atoms with van der Waals surface area (Å²) in [6.07, 6.45) is 1.03. The molecule has 1 amide bonds. The number of hydrogen-bond donors (Lipinski definition) is 4. The molecule has 1 heterocycles. The zero-order chi connectivity index (χ0) is 19.4. The van der Waals surface area contributed by atoms with Crippen LogP contribution in [0.25, 0.3) is 0 Å². The quantitative estimate of drug-likeness (QED) is 0.589. The number of nitrogen functional groups attached to an aromatic ring is 1. The fraction of sp³-hybridized carbons (Fsp3) is 0.381. The van der Waals surface area contributed by atoms with E-state index in [4.69, 9.17) is 5.73 Å². The molecule has 144 valence electrons. The van der Waals surface area contributed by atoms with Gasteiger partial charge in [0, 0.05) is 36.9 Å². The van der Waals surface area contributed by atoms with Gasteiger partial charge in [0.25, 0.3) is 5.91 Å². The molecule has 0 aliphatic carbocycles. The van der Waals surface area contributed by atoms with Crippen LogP contribution < -0.4 is 16.4 Å². The van der Waals surface area contributed by atoms with Gasteiger partial charge in [0.05, 0.1) is 17.0 Å². The van der Waals surface area contributed by atoms with Crippen molar-refractivity contribution < 1.29 is 9.90 Å². The second-order valence-electron chi connectivity index (χ2n) is 7.80. The van der Waals surface area contributed by atoms with Crippen LogP contribution >= 0.6 is 0 Å². The minimum absolute atomic E-state index is 0.184. The molecule has 6 nitrogen and oxygen atoms in total. The maximum atomic E-state index is 12.4. The van der Waals surface area contributed by atoms with Gasteiger partial charge in [-0.15, -0.1) is 0 Å². The van der Waals surface area contributed by atoms with Gasteiger partial charge in [0.2, 0.25) is 0 Å². The van der Waals surface area contributed by atoms with E-state index in [1.807, 2.05) is 38.1 Å². The minimum Gasteiger partial charge on any atom is -0.397 e. The van der Waals surface area contributed by atoms with Crippen molar-refractivity contribution in [1.29, 1.82) is 0 Å². The SMILES string of the molecule is CC(C)(O)CN1CC[C@@H](Nc2ccc(C(=O)Nc3ccccc3N)cc2)C1. The van der Waals surface area contributed by atoms with Gasteiger partial charge >= 0.3 is 0 Å². The summed E-state index contributed by atoms with van der Waals surface area (Å²) in [6.45, 7) is 6.22. The van der Waals surface area contributed by atoms with Gasteiger partial charge in [-0.05, 0) is 56.7 Å². The number of β-amino-alcohol motifs (C(OH)–C–C–N with tert-alkyl or cyclic N) is 1. The first-order valence-corrected chi connectivity index (χ1v) is 9.27. The molecule has 0 aromatic heterocycles. The molecule has 1 aliphatic rings. The molecule has 0 saturated carbocycles. The molecule has 1 aliphatic heterocycles. The van der Waals surface area contributed by atoms with Crippen molar-refractivity contribution in [3.63, 3.8) is 0 Å². The standard InChI is InChI=1S/C21H28N4O2/c1-21(2,27)14-25-12-11-17(13-25)23-16-9-7-15(8-10-16)20(26)24-19-6-4-3-5-18(19)22/h3-10,17,23,27H,11-14,22H2,1-2H3,(H,24,26)/t17-/m1/s1. The highest BCUT2D eigenvalue weighted by molar-refractivity contribution is 6.05. The Labute approximate surface area is 160 Å². The molecule has 1 saturated heterocycles. The molecular formula is C21H28N4O2. The summed E-state index contributed by atoms with van der Waals surface area (Å²) >= 11 is 0. The predicted octanol–water partition coefficient (Wildman–Crippen LogP) is 2.78. The summed E-state index contributed by atoms with van der Waals surface area (Å²) in [5.74, 6) is -0.184. The summed E-state index contributed by atoms with van der Waals surface area (Å²) in [5, 5.41) is 16.3. The number of likely N-dealkylation sites (tertiary alicyclic amines) is 1. The molecule has 0 spiro atoms. The van der Waals surface area contributed by atoms with Gasteiger partial charge in [0.1, 0.15) is 0 Å². The fourth-order valence-electron chi connectivity index (χ4n) is 3.40. The van der Waals surface area contributed by atoms with Crippen molar-refractivity contribution in [3.8, 4) is 0 Å². The Morgan fingerprint density at radius 3 is 2.59 bits per heavy atom. The molecule has 2 aromatic carbocycles. The molecule has 27 heavy (non-hydrogen) atoms. The topological polar surface area (TPSA) is 90.6 Å². The molecule has 1 atom stereocenters. The number of carbonyl (C=O) groups is 1. The predicted molar refractivity (Wildman–Crippen MR) is 110 cm³/mol. The number of para-hydroxylation sites is 2. The monoisotopic (exact) mass is 368 g/mol. The van der Waals surface area contributed by atoms with Crippen LogP contribution in [0.4, 0.5) is 17.1 Å². The number of anilines is 3. The van der Waals surface area contributed by atoms with Gasteiger partial charge < -0.3 is 21.5 Å². The normalized spacial score (nSPS) is 17.7. The van der Waals surface area contributed by atoms with E-state index >= 15 is 0 Å². The number of hydrogen-bond acceptors (Lipinski definition) is 5. The van der Waals surface area contributed by atoms with E-state index in [9.17, 15) is 9.90 Å². The molecule has 3 rings (SSSR count). The Kier molecular flexibility index (Phi) is 5.68. The zero-order valence-corrected chi connectivity index (χ0v) is 15.9. The van der Waals surface area contributed by atoms with Gasteiger partial charge in [-0.2, -0.15) is 0 Å². The molecule has 0 unspecified atom stereocenters. The molecular weight excluding hydrogens is 340 g/mol. The Morgan fingerprint density at radius 1 is 1.22 bits per heavy atom. The van der Waals surface area contributed by atoms with E-state index < -0.39 is 5.60 Å². The average molecular weight is 368 g/mol. The summed E-state index contributed by atoms with van der Waals surface area (Å²) in [6, 6.07) is 15.0. The minimum atomic E-state index is -0.675. The van der Waals surface area contributed by atoms with E-state index in [1.165, 1.54) is 0 Å². The summed E-state index contributed by atoms with van der Waals surface area (Å²) in [7, 11) is 0. The largest absolute Gasteiger partial charge is 0.397 e. The number of rotatable bonds is 6. The van der Waals surface area contributed by atoms with Gasteiger partial charge in [0.15, 0.2) is 0 Å². The first-order valence-electron chi connectivity index (χ1n) is 9.27. The molecule has 2 aromatic rings. The third-order valence-electron chi connectivity index (χ3n) is 4.61. The number of nitrogens with one attached hydrogen (secondary N) is 2. The highest BCUT2D eigenvalue weighted by atomic mass is 16.3.